The molecule has 0 atom stereocenters. The van der Waals surface area contributed by atoms with Crippen LogP contribution >= 0.6 is 11.3 Å². The molecule has 1 fully saturated rings. The first-order valence-corrected chi connectivity index (χ1v) is 7.01. The molecule has 0 aromatic carbocycles. The molecule has 0 aliphatic heterocycles. The standard InChI is InChI=1S/C12H15N3O2S/c16-5-4-15(10-1-2-10)7-11-13-12(14-17-11)9-3-6-18-8-9/h3,6,8,10,16H,1-2,4-5,7H2. The van der Waals surface area contributed by atoms with Crippen molar-refractivity contribution in [3.63, 3.8) is 0 Å². The first kappa shape index (κ1) is 11.8. The van der Waals surface area contributed by atoms with E-state index in [9.17, 15) is 0 Å². The third-order valence-corrected chi connectivity index (χ3v) is 3.72. The SMILES string of the molecule is OCCN(Cc1nc(-c2ccsc2)no1)C1CC1. The van der Waals surface area contributed by atoms with Gasteiger partial charge in [-0.1, -0.05) is 5.16 Å². The highest BCUT2D eigenvalue weighted by Crippen LogP contribution is 2.28. The summed E-state index contributed by atoms with van der Waals surface area (Å²) in [5, 5.41) is 17.0. The first-order chi connectivity index (χ1) is 8.86. The van der Waals surface area contributed by atoms with E-state index in [4.69, 9.17) is 9.63 Å². The van der Waals surface area contributed by atoms with Gasteiger partial charge in [-0.3, -0.25) is 4.90 Å². The zero-order valence-corrected chi connectivity index (χ0v) is 10.8. The summed E-state index contributed by atoms with van der Waals surface area (Å²) in [4.78, 5) is 6.59. The number of aliphatic hydroxyl groups is 1. The van der Waals surface area contributed by atoms with Gasteiger partial charge in [0.05, 0.1) is 13.2 Å². The minimum absolute atomic E-state index is 0.169. The van der Waals surface area contributed by atoms with E-state index < -0.39 is 0 Å². The van der Waals surface area contributed by atoms with Crippen molar-refractivity contribution in [2.75, 3.05) is 13.2 Å². The zero-order chi connectivity index (χ0) is 12.4. The smallest absolute Gasteiger partial charge is 0.241 e. The van der Waals surface area contributed by atoms with E-state index in [-0.39, 0.29) is 6.61 Å². The summed E-state index contributed by atoms with van der Waals surface area (Å²) in [5.41, 5.74) is 0.995. The Hall–Kier alpha value is -1.24. The van der Waals surface area contributed by atoms with Crippen LogP contribution in [0.1, 0.15) is 18.7 Å². The van der Waals surface area contributed by atoms with Crippen LogP contribution in [0.3, 0.4) is 0 Å². The molecule has 2 aromatic rings. The number of hydrogen-bond acceptors (Lipinski definition) is 6. The molecule has 2 aromatic heterocycles. The van der Waals surface area contributed by atoms with Crippen LogP contribution in [0, 0.1) is 0 Å². The van der Waals surface area contributed by atoms with Crippen LogP contribution in [-0.4, -0.2) is 39.3 Å². The highest BCUT2D eigenvalue weighted by Gasteiger charge is 2.29. The van der Waals surface area contributed by atoms with Gasteiger partial charge in [0.15, 0.2) is 0 Å². The summed E-state index contributed by atoms with van der Waals surface area (Å²) in [5.74, 6) is 1.27. The highest BCUT2D eigenvalue weighted by atomic mass is 32.1. The maximum atomic E-state index is 9.04. The van der Waals surface area contributed by atoms with Crippen molar-refractivity contribution in [1.29, 1.82) is 0 Å². The van der Waals surface area contributed by atoms with Crippen LogP contribution in [0.5, 0.6) is 0 Å². The zero-order valence-electron chi connectivity index (χ0n) is 9.95. The van der Waals surface area contributed by atoms with Gasteiger partial charge in [0.25, 0.3) is 0 Å². The van der Waals surface area contributed by atoms with E-state index in [0.29, 0.717) is 30.8 Å². The molecule has 0 saturated heterocycles. The van der Waals surface area contributed by atoms with E-state index in [0.717, 1.165) is 5.56 Å². The van der Waals surface area contributed by atoms with Gasteiger partial charge in [-0.15, -0.1) is 0 Å². The van der Waals surface area contributed by atoms with Gasteiger partial charge in [0.1, 0.15) is 0 Å². The number of thiophene rings is 1. The molecular formula is C12H15N3O2S. The molecule has 1 saturated carbocycles. The second-order valence-corrected chi connectivity index (χ2v) is 5.23. The van der Waals surface area contributed by atoms with E-state index in [2.05, 4.69) is 15.0 Å². The maximum absolute atomic E-state index is 9.04. The van der Waals surface area contributed by atoms with Gasteiger partial charge in [-0.2, -0.15) is 16.3 Å². The fourth-order valence-corrected chi connectivity index (χ4v) is 2.59. The molecule has 1 aliphatic carbocycles. The molecule has 18 heavy (non-hydrogen) atoms. The lowest BCUT2D eigenvalue weighted by atomic mass is 10.3. The van der Waals surface area contributed by atoms with Crippen molar-refractivity contribution in [2.45, 2.75) is 25.4 Å². The molecule has 6 heteroatoms. The largest absolute Gasteiger partial charge is 0.395 e. The van der Waals surface area contributed by atoms with Crippen molar-refractivity contribution in [2.24, 2.45) is 0 Å². The molecule has 96 valence electrons. The van der Waals surface area contributed by atoms with Crippen LogP contribution in [0.2, 0.25) is 0 Å². The summed E-state index contributed by atoms with van der Waals surface area (Å²) in [6.45, 7) is 1.46. The fraction of sp³-hybridized carbons (Fsp3) is 0.500. The lowest BCUT2D eigenvalue weighted by molar-refractivity contribution is 0.167. The fourth-order valence-electron chi connectivity index (χ4n) is 1.96. The Bertz CT molecular complexity index is 493. The van der Waals surface area contributed by atoms with Gasteiger partial charge < -0.3 is 9.63 Å². The molecule has 1 aliphatic rings. The number of hydrogen-bond donors (Lipinski definition) is 1. The average molecular weight is 265 g/mol. The maximum Gasteiger partial charge on any atom is 0.241 e. The van der Waals surface area contributed by atoms with Gasteiger partial charge in [-0.25, -0.2) is 0 Å². The molecule has 5 nitrogen and oxygen atoms in total. The van der Waals surface area contributed by atoms with Crippen molar-refractivity contribution >= 4 is 11.3 Å². The Morgan fingerprint density at radius 1 is 1.50 bits per heavy atom. The van der Waals surface area contributed by atoms with Gasteiger partial charge in [0, 0.05) is 23.5 Å². The van der Waals surface area contributed by atoms with Crippen LogP contribution < -0.4 is 0 Å². The molecule has 1 N–H and O–H groups in total. The number of aromatic nitrogens is 2. The summed E-state index contributed by atoms with van der Waals surface area (Å²) >= 11 is 1.62. The summed E-state index contributed by atoms with van der Waals surface area (Å²) in [6.07, 6.45) is 2.40. The van der Waals surface area contributed by atoms with E-state index in [1.54, 1.807) is 11.3 Å². The van der Waals surface area contributed by atoms with Gasteiger partial charge >= 0.3 is 0 Å². The summed E-state index contributed by atoms with van der Waals surface area (Å²) in [7, 11) is 0. The van der Waals surface area contributed by atoms with Crippen LogP contribution in [0.15, 0.2) is 21.3 Å². The Labute approximate surface area is 109 Å². The predicted octanol–water partition coefficient (Wildman–Crippen LogP) is 1.75. The molecule has 0 radical (unpaired) electrons. The molecule has 0 spiro atoms. The lowest BCUT2D eigenvalue weighted by Crippen LogP contribution is -2.28. The third kappa shape index (κ3) is 2.60. The lowest BCUT2D eigenvalue weighted by Gasteiger charge is -2.17. The monoisotopic (exact) mass is 265 g/mol. The van der Waals surface area contributed by atoms with Crippen molar-refractivity contribution in [3.8, 4) is 11.4 Å². The van der Waals surface area contributed by atoms with E-state index in [1.165, 1.54) is 12.8 Å². The molecule has 3 rings (SSSR count). The van der Waals surface area contributed by atoms with Crippen molar-refractivity contribution in [1.82, 2.24) is 15.0 Å². The quantitative estimate of drug-likeness (QED) is 0.862. The highest BCUT2D eigenvalue weighted by molar-refractivity contribution is 7.08. The molecule has 0 bridgehead atoms. The number of nitrogens with zero attached hydrogens (tertiary/aromatic N) is 3. The van der Waals surface area contributed by atoms with Crippen LogP contribution in [-0.2, 0) is 6.54 Å². The third-order valence-electron chi connectivity index (χ3n) is 3.04. The van der Waals surface area contributed by atoms with Crippen LogP contribution in [0.4, 0.5) is 0 Å². The van der Waals surface area contributed by atoms with Crippen molar-refractivity contribution < 1.29 is 9.63 Å². The second kappa shape index (κ2) is 5.17. The molecular weight excluding hydrogens is 250 g/mol. The van der Waals surface area contributed by atoms with E-state index >= 15 is 0 Å². The normalized spacial score (nSPS) is 15.4. The average Bonchev–Trinajstić information content (AvgIpc) is 2.90. The molecule has 0 amide bonds. The number of rotatable bonds is 6. The van der Waals surface area contributed by atoms with Gasteiger partial charge in [0.2, 0.25) is 11.7 Å². The predicted molar refractivity (Wildman–Crippen MR) is 68.1 cm³/mol. The Balaban J connectivity index is 1.69. The number of aliphatic hydroxyl groups excluding tert-OH is 1. The van der Waals surface area contributed by atoms with Crippen LogP contribution in [0.25, 0.3) is 11.4 Å². The first-order valence-electron chi connectivity index (χ1n) is 6.07. The minimum atomic E-state index is 0.169. The summed E-state index contributed by atoms with van der Waals surface area (Å²) < 4.78 is 5.26. The summed E-state index contributed by atoms with van der Waals surface area (Å²) in [6, 6.07) is 2.56. The minimum Gasteiger partial charge on any atom is -0.395 e. The molecule has 2 heterocycles. The Kier molecular flexibility index (Phi) is 3.40. The molecule has 0 unspecified atom stereocenters. The second-order valence-electron chi connectivity index (χ2n) is 4.45. The Morgan fingerprint density at radius 3 is 3.06 bits per heavy atom. The topological polar surface area (TPSA) is 62.4 Å². The van der Waals surface area contributed by atoms with Gasteiger partial charge in [-0.05, 0) is 24.3 Å². The van der Waals surface area contributed by atoms with E-state index in [1.807, 2.05) is 16.8 Å². The van der Waals surface area contributed by atoms with Crippen molar-refractivity contribution in [3.05, 3.63) is 22.7 Å². The Morgan fingerprint density at radius 2 is 2.39 bits per heavy atom.